The summed E-state index contributed by atoms with van der Waals surface area (Å²) in [5.41, 5.74) is 2.04. The summed E-state index contributed by atoms with van der Waals surface area (Å²) in [5.74, 6) is -0.386. The number of carboxylic acids is 1. The van der Waals surface area contributed by atoms with Gasteiger partial charge in [0.1, 0.15) is 0 Å². The van der Waals surface area contributed by atoms with E-state index in [0.717, 1.165) is 24.0 Å². The Labute approximate surface area is 138 Å². The van der Waals surface area contributed by atoms with Crippen LogP contribution in [-0.2, 0) is 10.2 Å². The summed E-state index contributed by atoms with van der Waals surface area (Å²) in [7, 11) is 0. The minimum Gasteiger partial charge on any atom is -0.481 e. The fourth-order valence-electron chi connectivity index (χ4n) is 4.85. The molecule has 3 atom stereocenters. The molecule has 0 heterocycles. The number of fused-ring (bicyclic) bond motifs is 3. The molecule has 23 heavy (non-hydrogen) atoms. The average Bonchev–Trinajstić information content (AvgIpc) is 2.49. The van der Waals surface area contributed by atoms with Gasteiger partial charge in [0.15, 0.2) is 5.78 Å². The maximum absolute atomic E-state index is 12.8. The topological polar surface area (TPSA) is 54.4 Å². The van der Waals surface area contributed by atoms with Gasteiger partial charge in [0.05, 0.1) is 5.41 Å². The van der Waals surface area contributed by atoms with E-state index in [-0.39, 0.29) is 17.1 Å². The van der Waals surface area contributed by atoms with Crippen LogP contribution in [-0.4, -0.2) is 16.9 Å². The second-order valence-electron chi connectivity index (χ2n) is 8.13. The van der Waals surface area contributed by atoms with Gasteiger partial charge in [0, 0.05) is 12.0 Å². The molecule has 0 aliphatic heterocycles. The van der Waals surface area contributed by atoms with Crippen LogP contribution >= 0.6 is 0 Å². The molecule has 2 aliphatic rings. The predicted molar refractivity (Wildman–Crippen MR) is 89.9 cm³/mol. The molecule has 1 aromatic carbocycles. The van der Waals surface area contributed by atoms with E-state index >= 15 is 0 Å². The van der Waals surface area contributed by atoms with E-state index in [0.29, 0.717) is 18.8 Å². The molecule has 2 aliphatic carbocycles. The zero-order chi connectivity index (χ0) is 17.0. The molecule has 0 aromatic heterocycles. The van der Waals surface area contributed by atoms with Crippen molar-refractivity contribution in [3.05, 3.63) is 34.9 Å². The predicted octanol–water partition coefficient (Wildman–Crippen LogP) is 4.55. The zero-order valence-corrected chi connectivity index (χ0v) is 14.5. The van der Waals surface area contributed by atoms with Crippen molar-refractivity contribution in [3.8, 4) is 0 Å². The van der Waals surface area contributed by atoms with Crippen LogP contribution in [0.5, 0.6) is 0 Å². The molecule has 1 fully saturated rings. The lowest BCUT2D eigenvalue weighted by Gasteiger charge is -2.53. The minimum atomic E-state index is -0.808. The van der Waals surface area contributed by atoms with Crippen molar-refractivity contribution in [1.29, 1.82) is 0 Å². The first-order valence-corrected chi connectivity index (χ1v) is 8.61. The van der Waals surface area contributed by atoms with Crippen LogP contribution in [0, 0.1) is 11.3 Å². The summed E-state index contributed by atoms with van der Waals surface area (Å²) < 4.78 is 0. The van der Waals surface area contributed by atoms with Gasteiger partial charge in [-0.2, -0.15) is 0 Å². The molecule has 0 bridgehead atoms. The Balaban J connectivity index is 2.16. The van der Waals surface area contributed by atoms with Crippen molar-refractivity contribution in [3.63, 3.8) is 0 Å². The molecular weight excluding hydrogens is 288 g/mol. The molecule has 1 aromatic rings. The summed E-state index contributed by atoms with van der Waals surface area (Å²) in [5, 5.41) is 9.79. The number of carboxylic acid groups (broad SMARTS) is 1. The van der Waals surface area contributed by atoms with Crippen LogP contribution in [0.15, 0.2) is 18.2 Å². The first-order chi connectivity index (χ1) is 10.7. The molecule has 0 amide bonds. The van der Waals surface area contributed by atoms with Crippen LogP contribution in [0.2, 0.25) is 0 Å². The number of aliphatic carboxylic acids is 1. The Morgan fingerprint density at radius 3 is 2.57 bits per heavy atom. The highest BCUT2D eigenvalue weighted by Gasteiger charge is 2.56. The lowest BCUT2D eigenvalue weighted by molar-refractivity contribution is -0.156. The third-order valence-electron chi connectivity index (χ3n) is 6.43. The van der Waals surface area contributed by atoms with Crippen molar-refractivity contribution in [2.75, 3.05) is 0 Å². The van der Waals surface area contributed by atoms with Crippen molar-refractivity contribution in [1.82, 2.24) is 0 Å². The molecule has 0 radical (unpaired) electrons. The summed E-state index contributed by atoms with van der Waals surface area (Å²) in [6.45, 7) is 8.25. The number of benzene rings is 1. The lowest BCUT2D eigenvalue weighted by Crippen LogP contribution is -2.53. The Kier molecular flexibility index (Phi) is 3.66. The number of hydrogen-bond donors (Lipinski definition) is 1. The largest absolute Gasteiger partial charge is 0.481 e. The molecule has 3 rings (SSSR count). The van der Waals surface area contributed by atoms with E-state index in [1.807, 2.05) is 13.0 Å². The van der Waals surface area contributed by atoms with Crippen molar-refractivity contribution in [2.24, 2.45) is 11.3 Å². The first-order valence-electron chi connectivity index (χ1n) is 8.61. The second-order valence-corrected chi connectivity index (χ2v) is 8.13. The molecule has 3 nitrogen and oxygen atoms in total. The highest BCUT2D eigenvalue weighted by atomic mass is 16.4. The quantitative estimate of drug-likeness (QED) is 0.871. The maximum atomic E-state index is 12.8. The summed E-state index contributed by atoms with van der Waals surface area (Å²) in [6, 6.07) is 6.23. The van der Waals surface area contributed by atoms with Gasteiger partial charge in [0.25, 0.3) is 0 Å². The van der Waals surface area contributed by atoms with E-state index < -0.39 is 11.4 Å². The van der Waals surface area contributed by atoms with Gasteiger partial charge < -0.3 is 5.11 Å². The van der Waals surface area contributed by atoms with Crippen LogP contribution < -0.4 is 0 Å². The Morgan fingerprint density at radius 2 is 1.96 bits per heavy atom. The third-order valence-corrected chi connectivity index (χ3v) is 6.43. The molecule has 1 saturated carbocycles. The molecular formula is C20H26O3. The molecule has 1 N–H and O–H groups in total. The number of carbonyl (C=O) groups excluding carboxylic acids is 1. The molecule has 3 heteroatoms. The van der Waals surface area contributed by atoms with Gasteiger partial charge in [-0.25, -0.2) is 0 Å². The Bertz CT molecular complexity index is 675. The summed E-state index contributed by atoms with van der Waals surface area (Å²) in [6.07, 6.45) is 2.88. The number of ketones is 1. The maximum Gasteiger partial charge on any atom is 0.309 e. The first kappa shape index (κ1) is 16.2. The second kappa shape index (κ2) is 5.19. The zero-order valence-electron chi connectivity index (χ0n) is 14.5. The normalized spacial score (nSPS) is 33.3. The summed E-state index contributed by atoms with van der Waals surface area (Å²) >= 11 is 0. The van der Waals surface area contributed by atoms with Gasteiger partial charge in [-0.15, -0.1) is 0 Å². The molecule has 0 unspecified atom stereocenters. The van der Waals surface area contributed by atoms with Crippen LogP contribution in [0.25, 0.3) is 0 Å². The number of carbonyl (C=O) groups is 2. The molecule has 0 spiro atoms. The van der Waals surface area contributed by atoms with E-state index in [2.05, 4.69) is 32.9 Å². The number of rotatable bonds is 2. The van der Waals surface area contributed by atoms with E-state index in [9.17, 15) is 14.7 Å². The highest BCUT2D eigenvalue weighted by Crippen LogP contribution is 2.57. The van der Waals surface area contributed by atoms with Crippen LogP contribution in [0.1, 0.15) is 80.8 Å². The van der Waals surface area contributed by atoms with Gasteiger partial charge in [-0.05, 0) is 54.2 Å². The van der Waals surface area contributed by atoms with Crippen LogP contribution in [0.4, 0.5) is 0 Å². The summed E-state index contributed by atoms with van der Waals surface area (Å²) in [4.78, 5) is 24.7. The minimum absolute atomic E-state index is 0.111. The fraction of sp³-hybridized carbons (Fsp3) is 0.600. The number of hydrogen-bond acceptors (Lipinski definition) is 2. The SMILES string of the molecule is CC(C)c1ccc2c(c1)C(=O)C[C@H]1[C@@](C)(C(=O)O)CCC[C@]21C. The molecule has 0 saturated heterocycles. The Morgan fingerprint density at radius 1 is 1.26 bits per heavy atom. The molecule has 124 valence electrons. The van der Waals surface area contributed by atoms with E-state index in [1.54, 1.807) is 0 Å². The van der Waals surface area contributed by atoms with E-state index in [1.165, 1.54) is 5.56 Å². The van der Waals surface area contributed by atoms with Gasteiger partial charge >= 0.3 is 5.97 Å². The van der Waals surface area contributed by atoms with E-state index in [4.69, 9.17) is 0 Å². The smallest absolute Gasteiger partial charge is 0.309 e. The van der Waals surface area contributed by atoms with Crippen molar-refractivity contribution >= 4 is 11.8 Å². The monoisotopic (exact) mass is 314 g/mol. The fourth-order valence-corrected chi connectivity index (χ4v) is 4.85. The van der Waals surface area contributed by atoms with Gasteiger partial charge in [-0.3, -0.25) is 9.59 Å². The Hall–Kier alpha value is -1.64. The third kappa shape index (κ3) is 2.24. The lowest BCUT2D eigenvalue weighted by atomic mass is 9.49. The standard InChI is InChI=1S/C20H26O3/c1-12(2)13-6-7-15-14(10-13)16(21)11-17-19(15,3)8-5-9-20(17,4)18(22)23/h6-7,10,12,17H,5,8-9,11H2,1-4H3,(H,22,23)/t17-,19-,20+/m1/s1. The van der Waals surface area contributed by atoms with Gasteiger partial charge in [0.2, 0.25) is 0 Å². The van der Waals surface area contributed by atoms with Crippen LogP contribution in [0.3, 0.4) is 0 Å². The van der Waals surface area contributed by atoms with Crippen molar-refractivity contribution < 1.29 is 14.7 Å². The van der Waals surface area contributed by atoms with Crippen molar-refractivity contribution in [2.45, 2.75) is 64.7 Å². The highest BCUT2D eigenvalue weighted by molar-refractivity contribution is 6.00. The van der Waals surface area contributed by atoms with Gasteiger partial charge in [-0.1, -0.05) is 39.3 Å². The average molecular weight is 314 g/mol. The number of Topliss-reactive ketones (excluding diaryl/α,β-unsaturated/α-hetero) is 1.